The number of hydrogen-bond donors (Lipinski definition) is 2. The van der Waals surface area contributed by atoms with Gasteiger partial charge in [-0.2, -0.15) is 0 Å². The van der Waals surface area contributed by atoms with Gasteiger partial charge in [0.1, 0.15) is 0 Å². The third-order valence-electron chi connectivity index (χ3n) is 2.28. The van der Waals surface area contributed by atoms with Crippen LogP contribution in [0, 0.1) is 0 Å². The first-order valence-corrected chi connectivity index (χ1v) is 8.32. The first kappa shape index (κ1) is 14.2. The lowest BCUT2D eigenvalue weighted by Crippen LogP contribution is -2.12. The second-order valence-electron chi connectivity index (χ2n) is 3.51. The van der Waals surface area contributed by atoms with E-state index in [1.165, 1.54) is 0 Å². The molecule has 2 rings (SSSR count). The molecule has 0 amide bonds. The fourth-order valence-corrected chi connectivity index (χ4v) is 3.71. The molecule has 0 spiro atoms. The van der Waals surface area contributed by atoms with Gasteiger partial charge in [0.25, 0.3) is 0 Å². The Balaban J connectivity index is 1.96. The van der Waals surface area contributed by atoms with Crippen LogP contribution in [0.4, 0.5) is 0 Å². The lowest BCUT2D eigenvalue weighted by atomic mass is 10.1. The van der Waals surface area contributed by atoms with Crippen molar-refractivity contribution in [1.29, 1.82) is 0 Å². The fourth-order valence-electron chi connectivity index (χ4n) is 1.31. The van der Waals surface area contributed by atoms with Crippen molar-refractivity contribution in [3.8, 4) is 0 Å². The Kier molecular flexibility index (Phi) is 5.06. The van der Waals surface area contributed by atoms with E-state index in [0.29, 0.717) is 5.56 Å². The molecule has 0 saturated heterocycles. The molecular weight excluding hydrogens is 300 g/mol. The molecule has 0 fully saturated rings. The molecule has 2 aromatic rings. The quantitative estimate of drug-likeness (QED) is 0.290. The molecule has 100 valence electrons. The SMILES string of the molecule is CSc1nnc(SCc2ccc(/C(N)=N/O)cc2)s1. The number of oxime groups is 1. The largest absolute Gasteiger partial charge is 0.409 e. The van der Waals surface area contributed by atoms with Gasteiger partial charge < -0.3 is 10.9 Å². The van der Waals surface area contributed by atoms with Crippen LogP contribution in [0.3, 0.4) is 0 Å². The van der Waals surface area contributed by atoms with Crippen molar-refractivity contribution in [2.45, 2.75) is 14.4 Å². The van der Waals surface area contributed by atoms with E-state index in [4.69, 9.17) is 10.9 Å². The van der Waals surface area contributed by atoms with Crippen LogP contribution in [0.1, 0.15) is 11.1 Å². The van der Waals surface area contributed by atoms with Crippen LogP contribution in [0.2, 0.25) is 0 Å². The van der Waals surface area contributed by atoms with Gasteiger partial charge in [0.05, 0.1) is 0 Å². The van der Waals surface area contributed by atoms with Crippen LogP contribution in [-0.4, -0.2) is 27.5 Å². The van der Waals surface area contributed by atoms with Crippen LogP contribution in [0.15, 0.2) is 38.1 Å². The second-order valence-corrected chi connectivity index (χ2v) is 6.76. The van der Waals surface area contributed by atoms with E-state index in [9.17, 15) is 0 Å². The highest BCUT2D eigenvalue weighted by molar-refractivity contribution is 8.02. The predicted molar refractivity (Wildman–Crippen MR) is 80.2 cm³/mol. The third-order valence-corrected chi connectivity index (χ3v) is 5.39. The predicted octanol–water partition coefficient (Wildman–Crippen LogP) is 2.65. The van der Waals surface area contributed by atoms with E-state index in [1.807, 2.05) is 30.5 Å². The number of thioether (sulfide) groups is 2. The molecule has 0 saturated carbocycles. The van der Waals surface area contributed by atoms with Crippen molar-refractivity contribution in [3.63, 3.8) is 0 Å². The molecule has 8 heteroatoms. The molecule has 0 radical (unpaired) electrons. The topological polar surface area (TPSA) is 84.4 Å². The maximum absolute atomic E-state index is 8.58. The zero-order valence-electron chi connectivity index (χ0n) is 10.1. The van der Waals surface area contributed by atoms with E-state index in [-0.39, 0.29) is 5.84 Å². The molecule has 1 aromatic heterocycles. The van der Waals surface area contributed by atoms with Gasteiger partial charge in [0.15, 0.2) is 14.5 Å². The highest BCUT2D eigenvalue weighted by atomic mass is 32.2. The average molecular weight is 312 g/mol. The summed E-state index contributed by atoms with van der Waals surface area (Å²) in [7, 11) is 0. The van der Waals surface area contributed by atoms with Gasteiger partial charge in [-0.15, -0.1) is 10.2 Å². The molecule has 0 aliphatic carbocycles. The molecule has 1 heterocycles. The minimum atomic E-state index is 0.118. The van der Waals surface area contributed by atoms with Gasteiger partial charge >= 0.3 is 0 Å². The summed E-state index contributed by atoms with van der Waals surface area (Å²) in [6.45, 7) is 0. The first-order valence-electron chi connectivity index (χ1n) is 5.30. The maximum Gasteiger partial charge on any atom is 0.175 e. The van der Waals surface area contributed by atoms with Gasteiger partial charge in [-0.05, 0) is 11.8 Å². The van der Waals surface area contributed by atoms with Crippen molar-refractivity contribution in [1.82, 2.24) is 10.2 Å². The van der Waals surface area contributed by atoms with Crippen LogP contribution in [-0.2, 0) is 5.75 Å². The highest BCUT2D eigenvalue weighted by Gasteiger charge is 2.05. The summed E-state index contributed by atoms with van der Waals surface area (Å²) >= 11 is 4.85. The average Bonchev–Trinajstić information content (AvgIpc) is 2.93. The third kappa shape index (κ3) is 3.85. The van der Waals surface area contributed by atoms with Crippen molar-refractivity contribution < 1.29 is 5.21 Å². The number of nitrogens with zero attached hydrogens (tertiary/aromatic N) is 3. The van der Waals surface area contributed by atoms with Crippen LogP contribution < -0.4 is 5.73 Å². The van der Waals surface area contributed by atoms with E-state index >= 15 is 0 Å². The lowest BCUT2D eigenvalue weighted by molar-refractivity contribution is 0.318. The minimum Gasteiger partial charge on any atom is -0.409 e. The Morgan fingerprint density at radius 2 is 2.00 bits per heavy atom. The summed E-state index contributed by atoms with van der Waals surface area (Å²) in [5.41, 5.74) is 7.36. The fraction of sp³-hybridized carbons (Fsp3) is 0.182. The van der Waals surface area contributed by atoms with E-state index < -0.39 is 0 Å². The van der Waals surface area contributed by atoms with Gasteiger partial charge in [-0.25, -0.2) is 0 Å². The van der Waals surface area contributed by atoms with Crippen LogP contribution in [0.25, 0.3) is 0 Å². The number of aromatic nitrogens is 2. The minimum absolute atomic E-state index is 0.118. The monoisotopic (exact) mass is 312 g/mol. The summed E-state index contributed by atoms with van der Waals surface area (Å²) in [5, 5.41) is 19.7. The Labute approximate surface area is 123 Å². The number of rotatable bonds is 5. The van der Waals surface area contributed by atoms with Crippen LogP contribution >= 0.6 is 34.9 Å². The summed E-state index contributed by atoms with van der Waals surface area (Å²) in [4.78, 5) is 0. The van der Waals surface area contributed by atoms with Gasteiger partial charge in [-0.3, -0.25) is 0 Å². The zero-order chi connectivity index (χ0) is 13.7. The Hall–Kier alpha value is -1.25. The number of benzene rings is 1. The molecule has 19 heavy (non-hydrogen) atoms. The maximum atomic E-state index is 8.58. The molecule has 0 aliphatic rings. The summed E-state index contributed by atoms with van der Waals surface area (Å²) in [5.74, 6) is 0.937. The normalized spacial score (nSPS) is 11.7. The lowest BCUT2D eigenvalue weighted by Gasteiger charge is -2.01. The molecule has 0 aliphatic heterocycles. The summed E-state index contributed by atoms with van der Waals surface area (Å²) in [6, 6.07) is 7.57. The summed E-state index contributed by atoms with van der Waals surface area (Å²) < 4.78 is 1.94. The van der Waals surface area contributed by atoms with Crippen molar-refractivity contribution in [2.24, 2.45) is 10.9 Å². The van der Waals surface area contributed by atoms with E-state index in [0.717, 1.165) is 20.0 Å². The molecule has 1 aromatic carbocycles. The van der Waals surface area contributed by atoms with Crippen molar-refractivity contribution in [2.75, 3.05) is 6.26 Å². The Morgan fingerprint density at radius 1 is 1.32 bits per heavy atom. The van der Waals surface area contributed by atoms with E-state index in [1.54, 1.807) is 34.9 Å². The molecular formula is C11H12N4OS3. The molecule has 0 unspecified atom stereocenters. The first-order chi connectivity index (χ1) is 9.22. The van der Waals surface area contributed by atoms with Gasteiger partial charge in [0.2, 0.25) is 0 Å². The Morgan fingerprint density at radius 3 is 2.58 bits per heavy atom. The van der Waals surface area contributed by atoms with Crippen LogP contribution in [0.5, 0.6) is 0 Å². The smallest absolute Gasteiger partial charge is 0.175 e. The molecule has 0 bridgehead atoms. The van der Waals surface area contributed by atoms with Gasteiger partial charge in [-0.1, -0.05) is 64.3 Å². The Bertz CT molecular complexity index is 568. The molecule has 0 atom stereocenters. The summed E-state index contributed by atoms with van der Waals surface area (Å²) in [6.07, 6.45) is 1.99. The number of nitrogens with two attached hydrogens (primary N) is 1. The standard InChI is InChI=1S/C11H12N4OS3/c1-17-10-13-14-11(19-10)18-6-7-2-4-8(5-3-7)9(12)15-16/h2-5,16H,6H2,1H3,(H2,12,15). The zero-order valence-corrected chi connectivity index (χ0v) is 12.6. The second kappa shape index (κ2) is 6.78. The highest BCUT2D eigenvalue weighted by Crippen LogP contribution is 2.29. The number of amidine groups is 1. The number of hydrogen-bond acceptors (Lipinski definition) is 7. The van der Waals surface area contributed by atoms with Gasteiger partial charge in [0, 0.05) is 11.3 Å². The van der Waals surface area contributed by atoms with Crippen molar-refractivity contribution >= 4 is 40.7 Å². The molecule has 5 nitrogen and oxygen atoms in total. The van der Waals surface area contributed by atoms with E-state index in [2.05, 4.69) is 15.4 Å². The van der Waals surface area contributed by atoms with Crippen molar-refractivity contribution in [3.05, 3.63) is 35.4 Å². The molecule has 3 N–H and O–H groups in total.